The molecule has 154 valence electrons. The summed E-state index contributed by atoms with van der Waals surface area (Å²) in [4.78, 5) is 27.1. The maximum atomic E-state index is 13.5. The molecule has 4 nitrogen and oxygen atoms in total. The predicted molar refractivity (Wildman–Crippen MR) is 124 cm³/mol. The van der Waals surface area contributed by atoms with Gasteiger partial charge in [0.15, 0.2) is 0 Å². The number of benzene rings is 3. The third kappa shape index (κ3) is 4.57. The molecule has 0 saturated carbocycles. The average molecular weight is 428 g/mol. The van der Waals surface area contributed by atoms with Crippen molar-refractivity contribution in [1.82, 2.24) is 0 Å². The highest BCUT2D eigenvalue weighted by molar-refractivity contribution is 7.18. The minimum absolute atomic E-state index is 0.208. The van der Waals surface area contributed by atoms with Crippen molar-refractivity contribution in [1.29, 1.82) is 0 Å². The Bertz CT molecular complexity index is 1130. The number of methoxy groups -OCH3 is 1. The van der Waals surface area contributed by atoms with E-state index in [1.54, 1.807) is 0 Å². The summed E-state index contributed by atoms with van der Waals surface area (Å²) in [6, 6.07) is 30.8. The molecule has 0 saturated heterocycles. The molecule has 4 rings (SSSR count). The number of rotatable bonds is 6. The molecule has 0 aliphatic carbocycles. The van der Waals surface area contributed by atoms with Crippen LogP contribution in [0.15, 0.2) is 97.1 Å². The highest BCUT2D eigenvalue weighted by Crippen LogP contribution is 2.36. The first kappa shape index (κ1) is 20.6. The molecule has 1 aromatic heterocycles. The molecule has 0 aliphatic rings. The van der Waals surface area contributed by atoms with Gasteiger partial charge in [-0.25, -0.2) is 4.79 Å². The molecule has 0 bridgehead atoms. The van der Waals surface area contributed by atoms with E-state index < -0.39 is 11.9 Å². The second-order valence-corrected chi connectivity index (χ2v) is 8.01. The lowest BCUT2D eigenvalue weighted by Crippen LogP contribution is -2.23. The fourth-order valence-electron chi connectivity index (χ4n) is 3.46. The zero-order valence-electron chi connectivity index (χ0n) is 16.9. The molecule has 3 aromatic carbocycles. The van der Waals surface area contributed by atoms with Crippen LogP contribution < -0.4 is 5.32 Å². The van der Waals surface area contributed by atoms with Gasteiger partial charge in [0.05, 0.1) is 18.7 Å². The van der Waals surface area contributed by atoms with Crippen LogP contribution in [0, 0.1) is 0 Å². The van der Waals surface area contributed by atoms with E-state index in [0.29, 0.717) is 10.6 Å². The SMILES string of the molecule is COC(=O)c1sc(-c2ccccc2)cc1NC(=O)C(c1ccccc1)c1ccccc1. The molecular weight excluding hydrogens is 406 g/mol. The maximum Gasteiger partial charge on any atom is 0.350 e. The third-order valence-corrected chi connectivity index (χ3v) is 6.11. The maximum absolute atomic E-state index is 13.5. The Labute approximate surface area is 185 Å². The summed E-state index contributed by atoms with van der Waals surface area (Å²) < 4.78 is 4.96. The topological polar surface area (TPSA) is 55.4 Å². The van der Waals surface area contributed by atoms with E-state index >= 15 is 0 Å². The molecule has 1 heterocycles. The van der Waals surface area contributed by atoms with Gasteiger partial charge in [-0.2, -0.15) is 0 Å². The van der Waals surface area contributed by atoms with E-state index in [9.17, 15) is 9.59 Å². The van der Waals surface area contributed by atoms with Gasteiger partial charge >= 0.3 is 5.97 Å². The Balaban J connectivity index is 1.72. The largest absolute Gasteiger partial charge is 0.465 e. The van der Waals surface area contributed by atoms with Crippen LogP contribution in [0.25, 0.3) is 10.4 Å². The molecule has 5 heteroatoms. The number of amides is 1. The Morgan fingerprint density at radius 1 is 0.806 bits per heavy atom. The van der Waals surface area contributed by atoms with E-state index in [0.717, 1.165) is 21.6 Å². The Morgan fingerprint density at radius 3 is 1.84 bits per heavy atom. The summed E-state index contributed by atoms with van der Waals surface area (Å²) in [5.41, 5.74) is 3.19. The summed E-state index contributed by atoms with van der Waals surface area (Å²) in [5, 5.41) is 2.98. The van der Waals surface area contributed by atoms with Crippen molar-refractivity contribution in [3.8, 4) is 10.4 Å². The Kier molecular flexibility index (Phi) is 6.24. The van der Waals surface area contributed by atoms with Gasteiger partial charge in [0, 0.05) is 4.88 Å². The number of carbonyl (C=O) groups is 2. The Morgan fingerprint density at radius 2 is 1.32 bits per heavy atom. The van der Waals surface area contributed by atoms with Gasteiger partial charge in [-0.1, -0.05) is 91.0 Å². The van der Waals surface area contributed by atoms with Crippen LogP contribution in [0.3, 0.4) is 0 Å². The van der Waals surface area contributed by atoms with Gasteiger partial charge in [0.2, 0.25) is 5.91 Å². The first-order chi connectivity index (χ1) is 15.2. The molecule has 4 aromatic rings. The lowest BCUT2D eigenvalue weighted by Gasteiger charge is -2.18. The quantitative estimate of drug-likeness (QED) is 0.386. The number of thiophene rings is 1. The fraction of sp³-hybridized carbons (Fsp3) is 0.0769. The zero-order chi connectivity index (χ0) is 21.6. The van der Waals surface area contributed by atoms with Gasteiger partial charge in [-0.05, 0) is 22.8 Å². The van der Waals surface area contributed by atoms with Gasteiger partial charge in [-0.3, -0.25) is 4.79 Å². The minimum atomic E-state index is -0.507. The highest BCUT2D eigenvalue weighted by Gasteiger charge is 2.26. The van der Waals surface area contributed by atoms with E-state index in [1.807, 2.05) is 97.1 Å². The average Bonchev–Trinajstić information content (AvgIpc) is 3.24. The lowest BCUT2D eigenvalue weighted by molar-refractivity contribution is -0.116. The third-order valence-electron chi connectivity index (χ3n) is 4.95. The number of esters is 1. The first-order valence-electron chi connectivity index (χ1n) is 9.85. The monoisotopic (exact) mass is 427 g/mol. The molecule has 0 aliphatic heterocycles. The van der Waals surface area contributed by atoms with Gasteiger partial charge in [0.25, 0.3) is 0 Å². The molecule has 0 radical (unpaired) electrons. The number of nitrogens with one attached hydrogen (secondary N) is 1. The van der Waals surface area contributed by atoms with Crippen LogP contribution in [0.5, 0.6) is 0 Å². The summed E-state index contributed by atoms with van der Waals surface area (Å²) in [5.74, 6) is -1.19. The number of hydrogen-bond donors (Lipinski definition) is 1. The van der Waals surface area contributed by atoms with Crippen molar-refractivity contribution in [3.63, 3.8) is 0 Å². The number of ether oxygens (including phenoxy) is 1. The van der Waals surface area contributed by atoms with Gasteiger partial charge in [0.1, 0.15) is 4.88 Å². The molecule has 0 fully saturated rings. The van der Waals surface area contributed by atoms with Crippen LogP contribution in [-0.4, -0.2) is 19.0 Å². The first-order valence-corrected chi connectivity index (χ1v) is 10.7. The molecule has 31 heavy (non-hydrogen) atoms. The van der Waals surface area contributed by atoms with Crippen LogP contribution in [0.4, 0.5) is 5.69 Å². The minimum Gasteiger partial charge on any atom is -0.465 e. The normalized spacial score (nSPS) is 10.6. The summed E-state index contributed by atoms with van der Waals surface area (Å²) in [6.45, 7) is 0. The molecular formula is C26H21NO3S. The molecule has 1 N–H and O–H groups in total. The van der Waals surface area contributed by atoms with Crippen LogP contribution in [0.2, 0.25) is 0 Å². The molecule has 0 unspecified atom stereocenters. The van der Waals surface area contributed by atoms with Gasteiger partial charge in [-0.15, -0.1) is 11.3 Å². The summed E-state index contributed by atoms with van der Waals surface area (Å²) in [6.07, 6.45) is 0. The molecule has 0 atom stereocenters. The van der Waals surface area contributed by atoms with Gasteiger partial charge < -0.3 is 10.1 Å². The van der Waals surface area contributed by atoms with Crippen molar-refractivity contribution in [2.45, 2.75) is 5.92 Å². The number of anilines is 1. The Hall–Kier alpha value is -3.70. The van der Waals surface area contributed by atoms with Crippen molar-refractivity contribution in [3.05, 3.63) is 113 Å². The zero-order valence-corrected chi connectivity index (χ0v) is 17.8. The molecule has 0 spiro atoms. The van der Waals surface area contributed by atoms with Crippen molar-refractivity contribution in [2.75, 3.05) is 12.4 Å². The summed E-state index contributed by atoms with van der Waals surface area (Å²) in [7, 11) is 1.34. The smallest absolute Gasteiger partial charge is 0.350 e. The van der Waals surface area contributed by atoms with E-state index in [1.165, 1.54) is 18.4 Å². The van der Waals surface area contributed by atoms with Crippen molar-refractivity contribution < 1.29 is 14.3 Å². The van der Waals surface area contributed by atoms with Crippen molar-refractivity contribution >= 4 is 28.9 Å². The number of hydrogen-bond acceptors (Lipinski definition) is 4. The predicted octanol–water partition coefficient (Wildman–Crippen LogP) is 5.97. The van der Waals surface area contributed by atoms with Crippen LogP contribution >= 0.6 is 11.3 Å². The van der Waals surface area contributed by atoms with E-state index in [4.69, 9.17) is 4.74 Å². The second-order valence-electron chi connectivity index (χ2n) is 6.95. The van der Waals surface area contributed by atoms with Crippen molar-refractivity contribution in [2.24, 2.45) is 0 Å². The highest BCUT2D eigenvalue weighted by atomic mass is 32.1. The second kappa shape index (κ2) is 9.41. The number of carbonyl (C=O) groups excluding carboxylic acids is 2. The molecule has 1 amide bonds. The lowest BCUT2D eigenvalue weighted by atomic mass is 9.90. The van der Waals surface area contributed by atoms with Crippen LogP contribution in [-0.2, 0) is 9.53 Å². The van der Waals surface area contributed by atoms with E-state index in [2.05, 4.69) is 5.32 Å². The van der Waals surface area contributed by atoms with E-state index in [-0.39, 0.29) is 5.91 Å². The fourth-order valence-corrected chi connectivity index (χ4v) is 4.50. The standard InChI is InChI=1S/C26H21NO3S/c1-30-26(29)24-21(17-22(31-24)18-11-5-2-6-12-18)27-25(28)23(19-13-7-3-8-14-19)20-15-9-4-10-16-20/h2-17,23H,1H3,(H,27,28). The van der Waals surface area contributed by atoms with Crippen LogP contribution in [0.1, 0.15) is 26.7 Å². The summed E-state index contributed by atoms with van der Waals surface area (Å²) >= 11 is 1.30.